The van der Waals surface area contributed by atoms with Crippen LogP contribution >= 0.6 is 0 Å². The zero-order chi connectivity index (χ0) is 19.9. The second kappa shape index (κ2) is 9.40. The van der Waals surface area contributed by atoms with Gasteiger partial charge in [-0.1, -0.05) is 18.6 Å². The molecule has 0 bridgehead atoms. The van der Waals surface area contributed by atoms with E-state index in [-0.39, 0.29) is 24.6 Å². The summed E-state index contributed by atoms with van der Waals surface area (Å²) in [4.78, 5) is 24.4. The number of ether oxygens (including phenoxy) is 2. The van der Waals surface area contributed by atoms with Gasteiger partial charge in [-0.3, -0.25) is 4.79 Å². The van der Waals surface area contributed by atoms with Crippen molar-refractivity contribution in [2.75, 3.05) is 11.9 Å². The molecule has 1 amide bonds. The lowest BCUT2D eigenvalue weighted by molar-refractivity contribution is -0.118. The van der Waals surface area contributed by atoms with Crippen molar-refractivity contribution < 1.29 is 19.1 Å². The molecular weight excluding hydrogens is 354 g/mol. The fraction of sp³-hybridized carbons (Fsp3) is 0.391. The number of amides is 1. The van der Waals surface area contributed by atoms with Gasteiger partial charge in [0.2, 0.25) is 0 Å². The largest absolute Gasteiger partial charge is 0.483 e. The highest BCUT2D eigenvalue weighted by Crippen LogP contribution is 2.22. The molecule has 0 spiro atoms. The number of hydrogen-bond donors (Lipinski definition) is 1. The van der Waals surface area contributed by atoms with Gasteiger partial charge in [0, 0.05) is 5.69 Å². The average molecular weight is 381 g/mol. The van der Waals surface area contributed by atoms with E-state index in [1.54, 1.807) is 24.3 Å². The summed E-state index contributed by atoms with van der Waals surface area (Å²) in [6.07, 6.45) is 5.37. The molecule has 0 saturated heterocycles. The van der Waals surface area contributed by atoms with E-state index in [1.807, 2.05) is 32.0 Å². The van der Waals surface area contributed by atoms with Crippen LogP contribution in [0.5, 0.6) is 5.75 Å². The van der Waals surface area contributed by atoms with Crippen LogP contribution in [0.2, 0.25) is 0 Å². The Bertz CT molecular complexity index is 823. The van der Waals surface area contributed by atoms with E-state index in [0.29, 0.717) is 17.0 Å². The molecule has 2 aromatic rings. The lowest BCUT2D eigenvalue weighted by Crippen LogP contribution is -2.21. The van der Waals surface area contributed by atoms with Crippen LogP contribution in [0.25, 0.3) is 0 Å². The maximum absolute atomic E-state index is 12.2. The predicted molar refractivity (Wildman–Crippen MR) is 109 cm³/mol. The Labute approximate surface area is 166 Å². The van der Waals surface area contributed by atoms with Crippen LogP contribution in [-0.4, -0.2) is 24.6 Å². The molecule has 2 aromatic carbocycles. The van der Waals surface area contributed by atoms with Gasteiger partial charge in [-0.15, -0.1) is 0 Å². The summed E-state index contributed by atoms with van der Waals surface area (Å²) in [5.41, 5.74) is 3.25. The smallest absolute Gasteiger partial charge is 0.338 e. The van der Waals surface area contributed by atoms with Gasteiger partial charge >= 0.3 is 5.97 Å². The number of hydrogen-bond acceptors (Lipinski definition) is 4. The van der Waals surface area contributed by atoms with Crippen molar-refractivity contribution in [1.29, 1.82) is 0 Å². The molecule has 5 heteroatoms. The van der Waals surface area contributed by atoms with Crippen molar-refractivity contribution in [3.63, 3.8) is 0 Å². The number of rotatable bonds is 6. The minimum Gasteiger partial charge on any atom is -0.483 e. The molecule has 1 N–H and O–H groups in total. The zero-order valence-electron chi connectivity index (χ0n) is 16.5. The summed E-state index contributed by atoms with van der Waals surface area (Å²) in [5, 5.41) is 2.78. The van der Waals surface area contributed by atoms with E-state index in [0.717, 1.165) is 36.8 Å². The molecule has 5 nitrogen and oxygen atoms in total. The Balaban J connectivity index is 1.49. The van der Waals surface area contributed by atoms with Crippen LogP contribution in [0.3, 0.4) is 0 Å². The quantitative estimate of drug-likeness (QED) is 0.729. The van der Waals surface area contributed by atoms with Crippen molar-refractivity contribution in [3.8, 4) is 5.75 Å². The van der Waals surface area contributed by atoms with Gasteiger partial charge in [-0.2, -0.15) is 0 Å². The average Bonchev–Trinajstić information content (AvgIpc) is 2.70. The normalized spacial score (nSPS) is 14.4. The van der Waals surface area contributed by atoms with Gasteiger partial charge in [-0.05, 0) is 81.0 Å². The second-order valence-electron chi connectivity index (χ2n) is 7.28. The fourth-order valence-corrected chi connectivity index (χ4v) is 3.31. The van der Waals surface area contributed by atoms with Gasteiger partial charge in [0.05, 0.1) is 5.56 Å². The van der Waals surface area contributed by atoms with Gasteiger partial charge in [-0.25, -0.2) is 4.79 Å². The first kappa shape index (κ1) is 19.9. The van der Waals surface area contributed by atoms with Crippen molar-refractivity contribution in [2.45, 2.75) is 52.1 Å². The molecule has 0 heterocycles. The highest BCUT2D eigenvalue weighted by atomic mass is 16.5. The van der Waals surface area contributed by atoms with Crippen LogP contribution in [0.1, 0.15) is 53.6 Å². The number of carbonyl (C=O) groups is 2. The van der Waals surface area contributed by atoms with Crippen LogP contribution in [0.15, 0.2) is 42.5 Å². The molecule has 0 unspecified atom stereocenters. The van der Waals surface area contributed by atoms with Crippen molar-refractivity contribution >= 4 is 17.6 Å². The Morgan fingerprint density at radius 1 is 1.00 bits per heavy atom. The number of benzene rings is 2. The summed E-state index contributed by atoms with van der Waals surface area (Å²) in [6.45, 7) is 3.90. The van der Waals surface area contributed by atoms with Crippen molar-refractivity contribution in [2.24, 2.45) is 0 Å². The molecule has 0 aliphatic heterocycles. The predicted octanol–water partition coefficient (Wildman–Crippen LogP) is 4.81. The number of anilines is 1. The Kier molecular flexibility index (Phi) is 6.69. The SMILES string of the molecule is Cc1cccc(OCC(=O)Nc2ccc(C(=O)OC3CCCCC3)cc2)c1C. The summed E-state index contributed by atoms with van der Waals surface area (Å²) in [6, 6.07) is 12.5. The highest BCUT2D eigenvalue weighted by Gasteiger charge is 2.18. The molecule has 1 fully saturated rings. The summed E-state index contributed by atoms with van der Waals surface area (Å²) in [5.74, 6) is 0.150. The first-order chi connectivity index (χ1) is 13.5. The van der Waals surface area contributed by atoms with Crippen molar-refractivity contribution in [1.82, 2.24) is 0 Å². The molecular formula is C23H27NO4. The summed E-state index contributed by atoms with van der Waals surface area (Å²) < 4.78 is 11.2. The van der Waals surface area contributed by atoms with Gasteiger partial charge in [0.25, 0.3) is 5.91 Å². The third-order valence-corrected chi connectivity index (χ3v) is 5.14. The summed E-state index contributed by atoms with van der Waals surface area (Å²) in [7, 11) is 0. The molecule has 0 aromatic heterocycles. The number of carbonyl (C=O) groups excluding carboxylic acids is 2. The van der Waals surface area contributed by atoms with Crippen LogP contribution in [-0.2, 0) is 9.53 Å². The molecule has 1 aliphatic rings. The lowest BCUT2D eigenvalue weighted by Gasteiger charge is -2.21. The Hall–Kier alpha value is -2.82. The Morgan fingerprint density at radius 3 is 2.43 bits per heavy atom. The van der Waals surface area contributed by atoms with E-state index < -0.39 is 0 Å². The first-order valence-corrected chi connectivity index (χ1v) is 9.83. The third-order valence-electron chi connectivity index (χ3n) is 5.14. The minimum absolute atomic E-state index is 0.0304. The molecule has 28 heavy (non-hydrogen) atoms. The first-order valence-electron chi connectivity index (χ1n) is 9.83. The molecule has 0 radical (unpaired) electrons. The van der Waals surface area contributed by atoms with Crippen LogP contribution < -0.4 is 10.1 Å². The number of esters is 1. The van der Waals surface area contributed by atoms with Crippen molar-refractivity contribution in [3.05, 3.63) is 59.2 Å². The summed E-state index contributed by atoms with van der Waals surface area (Å²) >= 11 is 0. The van der Waals surface area contributed by atoms with E-state index in [1.165, 1.54) is 6.42 Å². The molecule has 148 valence electrons. The lowest BCUT2D eigenvalue weighted by atomic mass is 9.98. The second-order valence-corrected chi connectivity index (χ2v) is 7.28. The maximum atomic E-state index is 12.2. The fourth-order valence-electron chi connectivity index (χ4n) is 3.31. The monoisotopic (exact) mass is 381 g/mol. The van der Waals surface area contributed by atoms with E-state index >= 15 is 0 Å². The standard InChI is InChI=1S/C23H27NO4/c1-16-7-6-10-21(17(16)2)27-15-22(25)24-19-13-11-18(12-14-19)23(26)28-20-8-4-3-5-9-20/h6-7,10-14,20H,3-5,8-9,15H2,1-2H3,(H,24,25). The Morgan fingerprint density at radius 2 is 1.71 bits per heavy atom. The minimum atomic E-state index is -0.303. The molecule has 1 aliphatic carbocycles. The zero-order valence-corrected chi connectivity index (χ0v) is 16.5. The maximum Gasteiger partial charge on any atom is 0.338 e. The van der Waals surface area contributed by atoms with E-state index in [2.05, 4.69) is 5.32 Å². The van der Waals surface area contributed by atoms with Crippen LogP contribution in [0, 0.1) is 13.8 Å². The van der Waals surface area contributed by atoms with Gasteiger partial charge < -0.3 is 14.8 Å². The van der Waals surface area contributed by atoms with Gasteiger partial charge in [0.1, 0.15) is 11.9 Å². The number of aryl methyl sites for hydroxylation is 1. The van der Waals surface area contributed by atoms with E-state index in [4.69, 9.17) is 9.47 Å². The molecule has 3 rings (SSSR count). The van der Waals surface area contributed by atoms with Crippen LogP contribution in [0.4, 0.5) is 5.69 Å². The topological polar surface area (TPSA) is 64.6 Å². The third kappa shape index (κ3) is 5.35. The molecule has 1 saturated carbocycles. The highest BCUT2D eigenvalue weighted by molar-refractivity contribution is 5.93. The van der Waals surface area contributed by atoms with E-state index in [9.17, 15) is 9.59 Å². The number of nitrogens with one attached hydrogen (secondary N) is 1. The van der Waals surface area contributed by atoms with Gasteiger partial charge in [0.15, 0.2) is 6.61 Å². The molecule has 0 atom stereocenters.